The van der Waals surface area contributed by atoms with Crippen LogP contribution < -0.4 is 16.0 Å². The summed E-state index contributed by atoms with van der Waals surface area (Å²) >= 11 is 0. The van der Waals surface area contributed by atoms with E-state index in [1.165, 1.54) is 0 Å². The van der Waals surface area contributed by atoms with Gasteiger partial charge in [-0.2, -0.15) is 0 Å². The predicted octanol–water partition coefficient (Wildman–Crippen LogP) is 1.93. The molecular formula is C17H23N3O2. The minimum atomic E-state index is -0.146. The summed E-state index contributed by atoms with van der Waals surface area (Å²) in [5, 5.41) is 8.90. The van der Waals surface area contributed by atoms with E-state index in [0.717, 1.165) is 31.6 Å². The molecular weight excluding hydrogens is 278 g/mol. The largest absolute Gasteiger partial charge is 0.349 e. The lowest BCUT2D eigenvalue weighted by Gasteiger charge is -2.21. The van der Waals surface area contributed by atoms with E-state index < -0.39 is 0 Å². The van der Waals surface area contributed by atoms with Crippen LogP contribution in [0.15, 0.2) is 36.9 Å². The van der Waals surface area contributed by atoms with Crippen LogP contribution in [0.5, 0.6) is 0 Å². The van der Waals surface area contributed by atoms with Gasteiger partial charge in [0, 0.05) is 24.2 Å². The number of anilines is 1. The second-order valence-corrected chi connectivity index (χ2v) is 5.52. The summed E-state index contributed by atoms with van der Waals surface area (Å²) < 4.78 is 0. The van der Waals surface area contributed by atoms with Crippen molar-refractivity contribution < 1.29 is 9.59 Å². The molecule has 0 bridgehead atoms. The van der Waals surface area contributed by atoms with Gasteiger partial charge < -0.3 is 16.0 Å². The quantitative estimate of drug-likeness (QED) is 0.703. The molecule has 1 heterocycles. The fourth-order valence-corrected chi connectivity index (χ4v) is 2.53. The maximum Gasteiger partial charge on any atom is 0.251 e. The lowest BCUT2D eigenvalue weighted by molar-refractivity contribution is -0.117. The lowest BCUT2D eigenvalue weighted by atomic mass is 9.94. The number of piperidine rings is 1. The summed E-state index contributed by atoms with van der Waals surface area (Å²) in [4.78, 5) is 23.8. The van der Waals surface area contributed by atoms with Crippen LogP contribution in [0.2, 0.25) is 0 Å². The summed E-state index contributed by atoms with van der Waals surface area (Å²) in [6, 6.07) is 6.92. The highest BCUT2D eigenvalue weighted by Gasteiger charge is 2.16. The second-order valence-electron chi connectivity index (χ2n) is 5.52. The zero-order valence-corrected chi connectivity index (χ0v) is 12.7. The van der Waals surface area contributed by atoms with Crippen molar-refractivity contribution in [2.45, 2.75) is 19.3 Å². The molecule has 1 fully saturated rings. The van der Waals surface area contributed by atoms with Gasteiger partial charge in [0.05, 0.1) is 0 Å². The molecule has 1 aromatic rings. The third-order valence-electron chi connectivity index (χ3n) is 3.77. The average Bonchev–Trinajstić information content (AvgIpc) is 2.54. The van der Waals surface area contributed by atoms with Gasteiger partial charge in [0.1, 0.15) is 0 Å². The lowest BCUT2D eigenvalue weighted by Crippen LogP contribution is -2.30. The molecule has 2 amide bonds. The number of carbonyl (C=O) groups is 2. The molecule has 0 aromatic heterocycles. The molecule has 5 nitrogen and oxygen atoms in total. The van der Waals surface area contributed by atoms with Crippen molar-refractivity contribution in [3.05, 3.63) is 42.5 Å². The number of hydrogen-bond acceptors (Lipinski definition) is 3. The maximum atomic E-state index is 12.0. The number of nitrogens with one attached hydrogen (secondary N) is 3. The van der Waals surface area contributed by atoms with E-state index in [4.69, 9.17) is 0 Å². The number of hydrogen-bond donors (Lipinski definition) is 3. The van der Waals surface area contributed by atoms with Gasteiger partial charge >= 0.3 is 0 Å². The van der Waals surface area contributed by atoms with Gasteiger partial charge in [0.2, 0.25) is 5.91 Å². The Labute approximate surface area is 131 Å². The minimum Gasteiger partial charge on any atom is -0.349 e. The normalized spacial score (nSPS) is 15.1. The molecule has 0 spiro atoms. The molecule has 5 heteroatoms. The van der Waals surface area contributed by atoms with Crippen LogP contribution in [0.4, 0.5) is 5.69 Å². The Kier molecular flexibility index (Phi) is 6.15. The topological polar surface area (TPSA) is 70.2 Å². The second kappa shape index (κ2) is 8.34. The molecule has 2 rings (SSSR count). The van der Waals surface area contributed by atoms with Crippen molar-refractivity contribution in [2.24, 2.45) is 5.92 Å². The van der Waals surface area contributed by atoms with Crippen LogP contribution in [0.3, 0.4) is 0 Å². The van der Waals surface area contributed by atoms with Gasteiger partial charge in [-0.3, -0.25) is 9.59 Å². The SMILES string of the molecule is C=CCNC(=O)c1ccc(NC(=O)CC2CCNCC2)cc1. The Bertz CT molecular complexity index is 519. The third-order valence-corrected chi connectivity index (χ3v) is 3.77. The van der Waals surface area contributed by atoms with Crippen LogP contribution in [0.25, 0.3) is 0 Å². The van der Waals surface area contributed by atoms with E-state index in [-0.39, 0.29) is 11.8 Å². The molecule has 1 aromatic carbocycles. The van der Waals surface area contributed by atoms with Crippen molar-refractivity contribution in [1.29, 1.82) is 0 Å². The summed E-state index contributed by atoms with van der Waals surface area (Å²) in [6.45, 7) is 5.98. The Morgan fingerprint density at radius 2 is 1.91 bits per heavy atom. The maximum absolute atomic E-state index is 12.0. The molecule has 22 heavy (non-hydrogen) atoms. The molecule has 0 aliphatic carbocycles. The molecule has 118 valence electrons. The van der Waals surface area contributed by atoms with Gasteiger partial charge in [-0.25, -0.2) is 0 Å². The first kappa shape index (κ1) is 16.2. The van der Waals surface area contributed by atoms with Crippen molar-refractivity contribution in [3.8, 4) is 0 Å². The van der Waals surface area contributed by atoms with E-state index in [9.17, 15) is 9.59 Å². The van der Waals surface area contributed by atoms with Crippen LogP contribution in [-0.2, 0) is 4.79 Å². The van der Waals surface area contributed by atoms with Crippen molar-refractivity contribution in [3.63, 3.8) is 0 Å². The molecule has 3 N–H and O–H groups in total. The molecule has 0 saturated carbocycles. The number of rotatable bonds is 6. The smallest absolute Gasteiger partial charge is 0.251 e. The Hall–Kier alpha value is -2.14. The van der Waals surface area contributed by atoms with E-state index in [0.29, 0.717) is 24.4 Å². The van der Waals surface area contributed by atoms with Crippen molar-refractivity contribution in [2.75, 3.05) is 25.0 Å². The van der Waals surface area contributed by atoms with Gasteiger partial charge in [0.15, 0.2) is 0 Å². The highest BCUT2D eigenvalue weighted by molar-refractivity contribution is 5.95. The first-order chi connectivity index (χ1) is 10.7. The van der Waals surface area contributed by atoms with E-state index in [1.54, 1.807) is 30.3 Å². The van der Waals surface area contributed by atoms with Gasteiger partial charge in [-0.05, 0) is 56.1 Å². The van der Waals surface area contributed by atoms with Crippen molar-refractivity contribution in [1.82, 2.24) is 10.6 Å². The molecule has 1 aliphatic rings. The summed E-state index contributed by atoms with van der Waals surface area (Å²) in [7, 11) is 0. The van der Waals surface area contributed by atoms with E-state index >= 15 is 0 Å². The first-order valence-corrected chi connectivity index (χ1v) is 7.69. The molecule has 1 saturated heterocycles. The van der Waals surface area contributed by atoms with Crippen LogP contribution in [0.1, 0.15) is 29.6 Å². The van der Waals surface area contributed by atoms with Crippen molar-refractivity contribution >= 4 is 17.5 Å². The van der Waals surface area contributed by atoms with E-state index in [1.807, 2.05) is 0 Å². The molecule has 1 aliphatic heterocycles. The van der Waals surface area contributed by atoms with Gasteiger partial charge in [0.25, 0.3) is 5.91 Å². The number of amides is 2. The van der Waals surface area contributed by atoms with E-state index in [2.05, 4.69) is 22.5 Å². The summed E-state index contributed by atoms with van der Waals surface area (Å²) in [5.41, 5.74) is 1.29. The minimum absolute atomic E-state index is 0.0377. The standard InChI is InChI=1S/C17H23N3O2/c1-2-9-19-17(22)14-3-5-15(6-4-14)20-16(21)12-13-7-10-18-11-8-13/h2-6,13,18H,1,7-12H2,(H,19,22)(H,20,21). The number of carbonyl (C=O) groups excluding carboxylic acids is 2. The third kappa shape index (κ3) is 5.00. The van der Waals surface area contributed by atoms with Gasteiger partial charge in [-0.15, -0.1) is 6.58 Å². The summed E-state index contributed by atoms with van der Waals surface area (Å²) in [6.07, 6.45) is 4.29. The van der Waals surface area contributed by atoms with Crippen LogP contribution in [-0.4, -0.2) is 31.4 Å². The zero-order chi connectivity index (χ0) is 15.8. The Balaban J connectivity index is 1.83. The average molecular weight is 301 g/mol. The highest BCUT2D eigenvalue weighted by Crippen LogP contribution is 2.17. The predicted molar refractivity (Wildman–Crippen MR) is 87.8 cm³/mol. The molecule has 0 radical (unpaired) electrons. The fourth-order valence-electron chi connectivity index (χ4n) is 2.53. The summed E-state index contributed by atoms with van der Waals surface area (Å²) in [5.74, 6) is 0.355. The number of benzene rings is 1. The van der Waals surface area contributed by atoms with Crippen LogP contribution in [0, 0.1) is 5.92 Å². The first-order valence-electron chi connectivity index (χ1n) is 7.69. The van der Waals surface area contributed by atoms with Crippen LogP contribution >= 0.6 is 0 Å². The molecule has 0 unspecified atom stereocenters. The van der Waals surface area contributed by atoms with Gasteiger partial charge in [-0.1, -0.05) is 6.08 Å². The highest BCUT2D eigenvalue weighted by atomic mass is 16.2. The monoisotopic (exact) mass is 301 g/mol. The fraction of sp³-hybridized carbons (Fsp3) is 0.412. The zero-order valence-electron chi connectivity index (χ0n) is 12.7. The molecule has 0 atom stereocenters. The Morgan fingerprint density at radius 3 is 2.55 bits per heavy atom. The Morgan fingerprint density at radius 1 is 1.23 bits per heavy atom.